The lowest BCUT2D eigenvalue weighted by molar-refractivity contribution is -0.137. The quantitative estimate of drug-likeness (QED) is 0.279. The van der Waals surface area contributed by atoms with Crippen LogP contribution in [0.5, 0.6) is 0 Å². The average Bonchev–Trinajstić information content (AvgIpc) is 3.41. The van der Waals surface area contributed by atoms with Gasteiger partial charge in [-0.1, -0.05) is 23.4 Å². The van der Waals surface area contributed by atoms with Crippen LogP contribution in [0.4, 0.5) is 17.6 Å². The predicted molar refractivity (Wildman–Crippen MR) is 133 cm³/mol. The maximum Gasteiger partial charge on any atom is 0.416 e. The number of carbonyl (C=O) groups is 1. The summed E-state index contributed by atoms with van der Waals surface area (Å²) in [7, 11) is 0. The summed E-state index contributed by atoms with van der Waals surface area (Å²) >= 11 is 3.16. The number of halogens is 5. The molecule has 1 aliphatic heterocycles. The van der Waals surface area contributed by atoms with Gasteiger partial charge in [0.1, 0.15) is 11.5 Å². The van der Waals surface area contributed by atoms with Gasteiger partial charge in [0.25, 0.3) is 11.8 Å². The van der Waals surface area contributed by atoms with Gasteiger partial charge in [0.2, 0.25) is 5.82 Å². The molecule has 196 valence electrons. The zero-order chi connectivity index (χ0) is 26.9. The Morgan fingerprint density at radius 3 is 2.37 bits per heavy atom. The minimum Gasteiger partial charge on any atom is -0.336 e. The van der Waals surface area contributed by atoms with E-state index in [4.69, 9.17) is 4.52 Å². The van der Waals surface area contributed by atoms with Gasteiger partial charge < -0.3 is 9.42 Å². The molecule has 38 heavy (non-hydrogen) atoms. The topological polar surface area (TPSA) is 75.4 Å². The van der Waals surface area contributed by atoms with Crippen LogP contribution in [0, 0.1) is 5.82 Å². The number of rotatable bonds is 5. The molecule has 0 bridgehead atoms. The predicted octanol–water partition coefficient (Wildman–Crippen LogP) is 5.68. The second kappa shape index (κ2) is 10.6. The van der Waals surface area contributed by atoms with Crippen molar-refractivity contribution in [3.05, 3.63) is 87.8 Å². The number of hydrogen-bond donors (Lipinski definition) is 0. The Morgan fingerprint density at radius 1 is 1.00 bits per heavy atom. The number of alkyl halides is 3. The standard InChI is InChI=1S/C26H20BrF4N5O2/c27-20-7-1-16(13-21(20)28)15-35-9-11-36(12-10-35)25(37)18-4-8-22(32-14-18)24-33-23(34-38-24)17-2-5-19(6-3-17)26(29,30)31/h1-8,13-14H,9-12,15H2. The van der Waals surface area contributed by atoms with E-state index < -0.39 is 11.7 Å². The van der Waals surface area contributed by atoms with Crippen molar-refractivity contribution < 1.29 is 26.9 Å². The fourth-order valence-corrected chi connectivity index (χ4v) is 4.33. The number of piperazine rings is 1. The minimum absolute atomic E-state index is 0.0805. The van der Waals surface area contributed by atoms with E-state index in [-0.39, 0.29) is 23.4 Å². The first kappa shape index (κ1) is 26.0. The second-order valence-electron chi connectivity index (χ2n) is 8.75. The van der Waals surface area contributed by atoms with Gasteiger partial charge in [-0.2, -0.15) is 18.2 Å². The van der Waals surface area contributed by atoms with Crippen LogP contribution in [0.3, 0.4) is 0 Å². The van der Waals surface area contributed by atoms with E-state index in [1.807, 2.05) is 6.07 Å². The Balaban J connectivity index is 1.19. The first-order chi connectivity index (χ1) is 18.2. The minimum atomic E-state index is -4.43. The van der Waals surface area contributed by atoms with Gasteiger partial charge in [-0.05, 0) is 57.9 Å². The number of aromatic nitrogens is 3. The summed E-state index contributed by atoms with van der Waals surface area (Å²) in [6, 6.07) is 12.7. The highest BCUT2D eigenvalue weighted by atomic mass is 79.9. The van der Waals surface area contributed by atoms with Gasteiger partial charge in [-0.15, -0.1) is 0 Å². The molecule has 2 aromatic heterocycles. The van der Waals surface area contributed by atoms with E-state index in [0.29, 0.717) is 54.0 Å². The lowest BCUT2D eigenvalue weighted by Gasteiger charge is -2.34. The number of carbonyl (C=O) groups excluding carboxylic acids is 1. The first-order valence-corrected chi connectivity index (χ1v) is 12.4. The zero-order valence-corrected chi connectivity index (χ0v) is 21.3. The van der Waals surface area contributed by atoms with Crippen LogP contribution in [0.15, 0.2) is 69.8 Å². The van der Waals surface area contributed by atoms with Gasteiger partial charge in [-0.25, -0.2) is 4.39 Å². The number of benzene rings is 2. The van der Waals surface area contributed by atoms with Crippen LogP contribution < -0.4 is 0 Å². The Kier molecular flexibility index (Phi) is 7.26. The molecule has 0 aliphatic carbocycles. The van der Waals surface area contributed by atoms with Crippen LogP contribution in [0.1, 0.15) is 21.5 Å². The fourth-order valence-electron chi connectivity index (χ4n) is 4.09. The van der Waals surface area contributed by atoms with Gasteiger partial charge in [0.05, 0.1) is 15.6 Å². The van der Waals surface area contributed by atoms with Crippen LogP contribution >= 0.6 is 15.9 Å². The zero-order valence-electron chi connectivity index (χ0n) is 19.8. The normalized spacial score (nSPS) is 14.6. The molecule has 3 heterocycles. The maximum atomic E-state index is 13.8. The number of amides is 1. The molecule has 0 spiro atoms. The van der Waals surface area contributed by atoms with E-state index in [0.717, 1.165) is 17.7 Å². The molecule has 5 rings (SSSR count). The summed E-state index contributed by atoms with van der Waals surface area (Å²) in [5.74, 6) is -0.255. The Labute approximate surface area is 223 Å². The monoisotopic (exact) mass is 589 g/mol. The molecule has 0 atom stereocenters. The molecule has 0 N–H and O–H groups in total. The highest BCUT2D eigenvalue weighted by Crippen LogP contribution is 2.31. The van der Waals surface area contributed by atoms with Crippen molar-refractivity contribution in [3.8, 4) is 23.0 Å². The molecule has 0 radical (unpaired) electrons. The van der Waals surface area contributed by atoms with Gasteiger partial charge in [0.15, 0.2) is 0 Å². The van der Waals surface area contributed by atoms with Gasteiger partial charge >= 0.3 is 6.18 Å². The van der Waals surface area contributed by atoms with E-state index in [2.05, 4.69) is 36.0 Å². The molecular weight excluding hydrogens is 570 g/mol. The van der Waals surface area contributed by atoms with Crippen LogP contribution in [0.2, 0.25) is 0 Å². The Morgan fingerprint density at radius 2 is 1.74 bits per heavy atom. The lowest BCUT2D eigenvalue weighted by atomic mass is 10.1. The number of hydrogen-bond acceptors (Lipinski definition) is 6. The third-order valence-corrected chi connectivity index (χ3v) is 6.82. The van der Waals surface area contributed by atoms with E-state index >= 15 is 0 Å². The molecule has 1 fully saturated rings. The van der Waals surface area contributed by atoms with Crippen LogP contribution in [-0.2, 0) is 12.7 Å². The molecule has 1 aliphatic rings. The molecule has 2 aromatic carbocycles. The summed E-state index contributed by atoms with van der Waals surface area (Å²) in [5, 5.41) is 3.82. The smallest absolute Gasteiger partial charge is 0.336 e. The molecule has 0 saturated carbocycles. The molecule has 7 nitrogen and oxygen atoms in total. The van der Waals surface area contributed by atoms with Crippen molar-refractivity contribution in [1.82, 2.24) is 24.9 Å². The Hall–Kier alpha value is -3.64. The van der Waals surface area contributed by atoms with Crippen molar-refractivity contribution in [2.75, 3.05) is 26.2 Å². The first-order valence-electron chi connectivity index (χ1n) is 11.6. The van der Waals surface area contributed by atoms with E-state index in [1.54, 1.807) is 23.1 Å². The second-order valence-corrected chi connectivity index (χ2v) is 9.60. The number of pyridine rings is 1. The van der Waals surface area contributed by atoms with Crippen molar-refractivity contribution in [1.29, 1.82) is 0 Å². The third-order valence-electron chi connectivity index (χ3n) is 6.18. The summed E-state index contributed by atoms with van der Waals surface area (Å²) in [4.78, 5) is 25.3. The van der Waals surface area contributed by atoms with Crippen molar-refractivity contribution in [3.63, 3.8) is 0 Å². The van der Waals surface area contributed by atoms with Gasteiger partial charge in [0, 0.05) is 44.5 Å². The molecule has 1 amide bonds. The molecule has 4 aromatic rings. The lowest BCUT2D eigenvalue weighted by Crippen LogP contribution is -2.48. The average molecular weight is 590 g/mol. The summed E-state index contributed by atoms with van der Waals surface area (Å²) in [6.07, 6.45) is -3.00. The number of nitrogens with zero attached hydrogens (tertiary/aromatic N) is 5. The van der Waals surface area contributed by atoms with Gasteiger partial charge in [-0.3, -0.25) is 14.7 Å². The van der Waals surface area contributed by atoms with E-state index in [1.165, 1.54) is 24.4 Å². The molecule has 1 saturated heterocycles. The van der Waals surface area contributed by atoms with E-state index in [9.17, 15) is 22.4 Å². The highest BCUT2D eigenvalue weighted by Gasteiger charge is 2.30. The fraction of sp³-hybridized carbons (Fsp3) is 0.231. The van der Waals surface area contributed by atoms with Crippen LogP contribution in [0.25, 0.3) is 23.0 Å². The van der Waals surface area contributed by atoms with Crippen molar-refractivity contribution in [2.45, 2.75) is 12.7 Å². The highest BCUT2D eigenvalue weighted by molar-refractivity contribution is 9.10. The van der Waals surface area contributed by atoms with Crippen molar-refractivity contribution in [2.24, 2.45) is 0 Å². The largest absolute Gasteiger partial charge is 0.416 e. The summed E-state index contributed by atoms with van der Waals surface area (Å²) in [5.41, 5.74) is 1.20. The Bertz CT molecular complexity index is 1430. The summed E-state index contributed by atoms with van der Waals surface area (Å²) < 4.78 is 57.8. The SMILES string of the molecule is O=C(c1ccc(-c2nc(-c3ccc(C(F)(F)F)cc3)no2)nc1)N1CCN(Cc2ccc(Br)c(F)c2)CC1. The molecular formula is C26H20BrF4N5O2. The van der Waals surface area contributed by atoms with Crippen molar-refractivity contribution >= 4 is 21.8 Å². The maximum absolute atomic E-state index is 13.8. The summed E-state index contributed by atoms with van der Waals surface area (Å²) in [6.45, 7) is 2.97. The molecule has 12 heteroatoms. The van der Waals surface area contributed by atoms with Crippen LogP contribution in [-0.4, -0.2) is 57.0 Å². The molecule has 0 unspecified atom stereocenters. The third kappa shape index (κ3) is 5.76.